The predicted octanol–water partition coefficient (Wildman–Crippen LogP) is 7.18. The van der Waals surface area contributed by atoms with E-state index in [4.69, 9.17) is 16.3 Å². The maximum atomic E-state index is 14.0. The van der Waals surface area contributed by atoms with Crippen LogP contribution in [0.3, 0.4) is 0 Å². The first kappa shape index (κ1) is 24.6. The van der Waals surface area contributed by atoms with Crippen LogP contribution in [0.2, 0.25) is 5.02 Å². The van der Waals surface area contributed by atoms with Crippen LogP contribution >= 0.6 is 11.6 Å². The monoisotopic (exact) mass is 510 g/mol. The van der Waals surface area contributed by atoms with Gasteiger partial charge in [0.1, 0.15) is 5.75 Å². The van der Waals surface area contributed by atoms with Crippen LogP contribution in [0, 0.1) is 0 Å². The zero-order valence-electron chi connectivity index (χ0n) is 20.7. The quantitative estimate of drug-likeness (QED) is 0.286. The first-order valence-electron chi connectivity index (χ1n) is 12.2. The fourth-order valence-corrected chi connectivity index (χ4v) is 5.09. The molecular formula is C31H27ClN2O3. The topological polar surface area (TPSA) is 49.9 Å². The average molecular weight is 511 g/mol. The van der Waals surface area contributed by atoms with E-state index >= 15 is 0 Å². The van der Waals surface area contributed by atoms with Crippen LogP contribution in [0.5, 0.6) is 5.75 Å². The number of ether oxygens (including phenoxy) is 1. The molecule has 0 saturated heterocycles. The molecular weight excluding hydrogens is 484 g/mol. The van der Waals surface area contributed by atoms with Gasteiger partial charge in [-0.3, -0.25) is 9.59 Å². The van der Waals surface area contributed by atoms with Crippen LogP contribution in [0.4, 0.5) is 11.4 Å². The summed E-state index contributed by atoms with van der Waals surface area (Å²) in [6, 6.07) is 31.2. The highest BCUT2D eigenvalue weighted by Gasteiger charge is 2.39. The number of hydrogen-bond donors (Lipinski definition) is 0. The highest BCUT2D eigenvalue weighted by Crippen LogP contribution is 2.43. The van der Waals surface area contributed by atoms with Gasteiger partial charge in [-0.15, -0.1) is 0 Å². The van der Waals surface area contributed by atoms with Crippen LogP contribution in [-0.2, 0) is 0 Å². The van der Waals surface area contributed by atoms with Crippen molar-refractivity contribution in [3.05, 3.63) is 125 Å². The predicted molar refractivity (Wildman–Crippen MR) is 148 cm³/mol. The molecule has 0 bridgehead atoms. The number of hydrogen-bond acceptors (Lipinski definition) is 3. The van der Waals surface area contributed by atoms with E-state index < -0.39 is 0 Å². The van der Waals surface area contributed by atoms with Gasteiger partial charge in [0.05, 0.1) is 13.2 Å². The fraction of sp³-hybridized carbons (Fsp3) is 0.161. The number of amides is 2. The summed E-state index contributed by atoms with van der Waals surface area (Å²) in [7, 11) is 1.60. The number of carbonyl (C=O) groups excluding carboxylic acids is 2. The Bertz CT molecular complexity index is 1400. The van der Waals surface area contributed by atoms with E-state index in [0.29, 0.717) is 28.3 Å². The summed E-state index contributed by atoms with van der Waals surface area (Å²) in [5.41, 5.74) is 3.66. The maximum Gasteiger partial charge on any atom is 0.258 e. The molecule has 1 aliphatic heterocycles. The van der Waals surface area contributed by atoms with Gasteiger partial charge in [-0.25, -0.2) is 0 Å². The second kappa shape index (κ2) is 10.5. The molecule has 0 N–H and O–H groups in total. The summed E-state index contributed by atoms with van der Waals surface area (Å²) in [6.45, 7) is 2.03. The summed E-state index contributed by atoms with van der Waals surface area (Å²) >= 11 is 6.05. The highest BCUT2D eigenvalue weighted by atomic mass is 35.5. The second-order valence-corrected chi connectivity index (χ2v) is 9.52. The smallest absolute Gasteiger partial charge is 0.258 e. The summed E-state index contributed by atoms with van der Waals surface area (Å²) < 4.78 is 5.28. The van der Waals surface area contributed by atoms with Crippen LogP contribution in [0.15, 0.2) is 103 Å². The van der Waals surface area contributed by atoms with E-state index in [1.807, 2.05) is 71.3 Å². The van der Waals surface area contributed by atoms with Gasteiger partial charge in [0.15, 0.2) is 0 Å². The number of benzene rings is 4. The molecule has 0 radical (unpaired) electrons. The van der Waals surface area contributed by atoms with Gasteiger partial charge >= 0.3 is 0 Å². The number of anilines is 2. The fourth-order valence-electron chi connectivity index (χ4n) is 4.97. The number of methoxy groups -OCH3 is 1. The Labute approximate surface area is 221 Å². The molecule has 0 fully saturated rings. The SMILES string of the molecule is COc1ccc(C(=O)N(c2ccccc2)C2CC(C)N(C(=O)c3ccc(Cl)cc3)c3ccccc32)cc1. The van der Waals surface area contributed by atoms with E-state index in [9.17, 15) is 9.59 Å². The molecule has 4 aromatic rings. The van der Waals surface area contributed by atoms with E-state index in [2.05, 4.69) is 0 Å². The molecule has 5 nitrogen and oxygen atoms in total. The summed E-state index contributed by atoms with van der Waals surface area (Å²) in [5, 5.41) is 0.583. The van der Waals surface area contributed by atoms with Gasteiger partial charge in [-0.1, -0.05) is 48.0 Å². The number of para-hydroxylation sites is 2. The van der Waals surface area contributed by atoms with Crippen molar-refractivity contribution >= 4 is 34.8 Å². The minimum atomic E-state index is -0.266. The lowest BCUT2D eigenvalue weighted by molar-refractivity contribution is 0.0965. The molecule has 5 rings (SSSR count). The van der Waals surface area contributed by atoms with Crippen molar-refractivity contribution in [2.24, 2.45) is 0 Å². The Balaban J connectivity index is 1.58. The van der Waals surface area contributed by atoms with Crippen molar-refractivity contribution in [3.8, 4) is 5.75 Å². The molecule has 0 spiro atoms. The van der Waals surface area contributed by atoms with Gasteiger partial charge in [-0.2, -0.15) is 0 Å². The van der Waals surface area contributed by atoms with Crippen LogP contribution in [-0.4, -0.2) is 25.0 Å². The van der Waals surface area contributed by atoms with Gasteiger partial charge in [0.25, 0.3) is 11.8 Å². The van der Waals surface area contributed by atoms with Crippen LogP contribution in [0.25, 0.3) is 0 Å². The third kappa shape index (κ3) is 4.83. The molecule has 186 valence electrons. The Kier molecular flexibility index (Phi) is 6.97. The molecule has 2 atom stereocenters. The normalized spacial score (nSPS) is 16.6. The summed E-state index contributed by atoms with van der Waals surface area (Å²) in [5.74, 6) is 0.483. The van der Waals surface area contributed by atoms with E-state index in [1.165, 1.54) is 0 Å². The van der Waals surface area contributed by atoms with Gasteiger partial charge in [0.2, 0.25) is 0 Å². The highest BCUT2D eigenvalue weighted by molar-refractivity contribution is 6.30. The molecule has 2 unspecified atom stereocenters. The van der Waals surface area contributed by atoms with Crippen molar-refractivity contribution in [2.45, 2.75) is 25.4 Å². The van der Waals surface area contributed by atoms with Crippen molar-refractivity contribution < 1.29 is 14.3 Å². The maximum absolute atomic E-state index is 14.0. The Morgan fingerprint density at radius 3 is 2.14 bits per heavy atom. The Hall–Kier alpha value is -4.09. The average Bonchev–Trinajstić information content (AvgIpc) is 2.94. The number of carbonyl (C=O) groups is 2. The van der Waals surface area contributed by atoms with E-state index in [-0.39, 0.29) is 23.9 Å². The number of nitrogens with zero attached hydrogens (tertiary/aromatic N) is 2. The zero-order valence-corrected chi connectivity index (χ0v) is 21.4. The lowest BCUT2D eigenvalue weighted by Crippen LogP contribution is -2.47. The van der Waals surface area contributed by atoms with Crippen LogP contribution < -0.4 is 14.5 Å². The Morgan fingerprint density at radius 1 is 0.838 bits per heavy atom. The molecule has 4 aromatic carbocycles. The number of rotatable bonds is 5. The summed E-state index contributed by atoms with van der Waals surface area (Å²) in [6.07, 6.45) is 0.577. The van der Waals surface area contributed by atoms with Crippen molar-refractivity contribution in [1.82, 2.24) is 0 Å². The first-order chi connectivity index (χ1) is 18.0. The van der Waals surface area contributed by atoms with E-state index in [0.717, 1.165) is 16.9 Å². The number of halogens is 1. The molecule has 37 heavy (non-hydrogen) atoms. The third-order valence-electron chi connectivity index (χ3n) is 6.77. The molecule has 0 aliphatic carbocycles. The second-order valence-electron chi connectivity index (χ2n) is 9.08. The minimum absolute atomic E-state index is 0.0946. The zero-order chi connectivity index (χ0) is 25.9. The van der Waals surface area contributed by atoms with Gasteiger partial charge in [-0.05, 0) is 85.6 Å². The van der Waals surface area contributed by atoms with Gasteiger partial charge < -0.3 is 14.5 Å². The lowest BCUT2D eigenvalue weighted by Gasteiger charge is -2.43. The van der Waals surface area contributed by atoms with Crippen molar-refractivity contribution in [3.63, 3.8) is 0 Å². The lowest BCUT2D eigenvalue weighted by atomic mass is 9.89. The Morgan fingerprint density at radius 2 is 1.46 bits per heavy atom. The van der Waals surface area contributed by atoms with Crippen molar-refractivity contribution in [2.75, 3.05) is 16.9 Å². The molecule has 0 aromatic heterocycles. The molecule has 1 heterocycles. The van der Waals surface area contributed by atoms with Gasteiger partial charge in [0, 0.05) is 33.6 Å². The molecule has 2 amide bonds. The minimum Gasteiger partial charge on any atom is -0.497 e. The standard InChI is InChI=1S/C31H27ClN2O3/c1-21-20-29(27-10-6-7-11-28(27)33(21)30(35)22-12-16-24(32)17-13-22)34(25-8-4-3-5-9-25)31(36)23-14-18-26(37-2)19-15-23/h3-19,21,29H,20H2,1-2H3. The largest absolute Gasteiger partial charge is 0.497 e. The van der Waals surface area contributed by atoms with Crippen LogP contribution in [0.1, 0.15) is 45.7 Å². The first-order valence-corrected chi connectivity index (χ1v) is 12.6. The molecule has 0 saturated carbocycles. The number of fused-ring (bicyclic) bond motifs is 1. The summed E-state index contributed by atoms with van der Waals surface area (Å²) in [4.78, 5) is 31.3. The molecule has 1 aliphatic rings. The van der Waals surface area contributed by atoms with Crippen molar-refractivity contribution in [1.29, 1.82) is 0 Å². The van der Waals surface area contributed by atoms with E-state index in [1.54, 1.807) is 55.6 Å². The molecule has 6 heteroatoms. The third-order valence-corrected chi connectivity index (χ3v) is 7.02.